The van der Waals surface area contributed by atoms with E-state index >= 15 is 0 Å². The van der Waals surface area contributed by atoms with Crippen LogP contribution in [0.5, 0.6) is 0 Å². The zero-order valence-corrected chi connectivity index (χ0v) is 14.4. The zero-order chi connectivity index (χ0) is 17.9. The van der Waals surface area contributed by atoms with Gasteiger partial charge in [0.05, 0.1) is 22.5 Å². The average Bonchev–Trinajstić information content (AvgIpc) is 2.49. The van der Waals surface area contributed by atoms with Gasteiger partial charge < -0.3 is 10.2 Å². The Bertz CT molecular complexity index is 768. The Kier molecular flexibility index (Phi) is 5.02. The Labute approximate surface area is 140 Å². The molecule has 0 fully saturated rings. The summed E-state index contributed by atoms with van der Waals surface area (Å²) in [4.78, 5) is 29.2. The van der Waals surface area contributed by atoms with Crippen LogP contribution in [0.3, 0.4) is 0 Å². The maximum atomic E-state index is 12.2. The summed E-state index contributed by atoms with van der Waals surface area (Å²) in [6, 6.07) is 6.46. The first kappa shape index (κ1) is 17.7. The Balaban J connectivity index is 2.41. The number of fused-ring (bicyclic) bond motifs is 1. The molecule has 128 valence electrons. The molecule has 2 rings (SSSR count). The second kappa shape index (κ2) is 6.82. The molecule has 0 radical (unpaired) electrons. The van der Waals surface area contributed by atoms with Crippen molar-refractivity contribution in [2.75, 3.05) is 18.0 Å². The molecule has 1 amide bonds. The number of nitro benzene ring substituents is 1. The Morgan fingerprint density at radius 1 is 1.33 bits per heavy atom. The van der Waals surface area contributed by atoms with Gasteiger partial charge in [-0.3, -0.25) is 19.9 Å². The van der Waals surface area contributed by atoms with Gasteiger partial charge in [-0.1, -0.05) is 0 Å². The highest BCUT2D eigenvalue weighted by molar-refractivity contribution is 5.98. The number of nitrogens with one attached hydrogen (secondary N) is 1. The van der Waals surface area contributed by atoms with E-state index in [0.717, 1.165) is 0 Å². The van der Waals surface area contributed by atoms with Gasteiger partial charge >= 0.3 is 0 Å². The lowest BCUT2D eigenvalue weighted by atomic mass is 10.1. The average molecular weight is 330 g/mol. The number of likely N-dealkylation sites (N-methyl/N-ethyl adjacent to an activating group) is 1. The summed E-state index contributed by atoms with van der Waals surface area (Å²) in [6.45, 7) is 8.44. The topological polar surface area (TPSA) is 88.4 Å². The van der Waals surface area contributed by atoms with Crippen molar-refractivity contribution in [1.82, 2.24) is 10.3 Å². The van der Waals surface area contributed by atoms with Gasteiger partial charge in [-0.2, -0.15) is 0 Å². The Hall–Kier alpha value is -2.70. The maximum absolute atomic E-state index is 12.2. The largest absolute Gasteiger partial charge is 0.361 e. The molecule has 7 nitrogen and oxygen atoms in total. The third-order valence-electron chi connectivity index (χ3n) is 3.49. The number of nitrogens with zero attached hydrogens (tertiary/aromatic N) is 3. The van der Waals surface area contributed by atoms with Crippen molar-refractivity contribution in [2.45, 2.75) is 33.2 Å². The summed E-state index contributed by atoms with van der Waals surface area (Å²) in [7, 11) is 0. The van der Waals surface area contributed by atoms with E-state index in [1.165, 1.54) is 6.07 Å². The van der Waals surface area contributed by atoms with E-state index in [1.54, 1.807) is 24.4 Å². The van der Waals surface area contributed by atoms with E-state index in [1.807, 2.05) is 32.6 Å². The number of amides is 1. The molecule has 0 bridgehead atoms. The van der Waals surface area contributed by atoms with Gasteiger partial charge in [-0.05, 0) is 45.9 Å². The van der Waals surface area contributed by atoms with Crippen LogP contribution in [0.15, 0.2) is 30.5 Å². The molecule has 1 heterocycles. The van der Waals surface area contributed by atoms with E-state index in [4.69, 9.17) is 0 Å². The molecule has 1 aromatic heterocycles. The Morgan fingerprint density at radius 2 is 2.04 bits per heavy atom. The molecular weight excluding hydrogens is 308 g/mol. The molecule has 0 aliphatic carbocycles. The number of non-ortho nitro benzene ring substituents is 1. The quantitative estimate of drug-likeness (QED) is 0.672. The lowest BCUT2D eigenvalue weighted by molar-refractivity contribution is -0.383. The number of carbonyl (C=O) groups is 1. The predicted octanol–water partition coefficient (Wildman–Crippen LogP) is 2.88. The number of rotatable bonds is 5. The van der Waals surface area contributed by atoms with Crippen molar-refractivity contribution >= 4 is 28.2 Å². The molecule has 24 heavy (non-hydrogen) atoms. The van der Waals surface area contributed by atoms with Crippen molar-refractivity contribution in [3.8, 4) is 0 Å². The van der Waals surface area contributed by atoms with Crippen molar-refractivity contribution in [3.63, 3.8) is 0 Å². The summed E-state index contributed by atoms with van der Waals surface area (Å²) in [5, 5.41) is 14.6. The van der Waals surface area contributed by atoms with Crippen LogP contribution in [0, 0.1) is 10.1 Å². The van der Waals surface area contributed by atoms with Gasteiger partial charge in [0.2, 0.25) is 5.91 Å². The molecule has 7 heteroatoms. The zero-order valence-electron chi connectivity index (χ0n) is 14.4. The number of hydrogen-bond donors (Lipinski definition) is 1. The van der Waals surface area contributed by atoms with Crippen LogP contribution in [-0.4, -0.2) is 34.4 Å². The monoisotopic (exact) mass is 330 g/mol. The van der Waals surface area contributed by atoms with E-state index in [9.17, 15) is 14.9 Å². The van der Waals surface area contributed by atoms with Gasteiger partial charge in [0.25, 0.3) is 5.69 Å². The Morgan fingerprint density at radius 3 is 2.62 bits per heavy atom. The maximum Gasteiger partial charge on any atom is 0.278 e. The number of nitro groups is 1. The fourth-order valence-corrected chi connectivity index (χ4v) is 2.56. The number of carbonyl (C=O) groups excluding carboxylic acids is 1. The van der Waals surface area contributed by atoms with Crippen molar-refractivity contribution in [1.29, 1.82) is 0 Å². The second-order valence-electron chi connectivity index (χ2n) is 6.57. The highest BCUT2D eigenvalue weighted by Crippen LogP contribution is 2.31. The third kappa shape index (κ3) is 3.98. The normalized spacial score (nSPS) is 11.3. The highest BCUT2D eigenvalue weighted by Gasteiger charge is 2.21. The number of anilines is 1. The SMILES string of the molecule is CCN(CC(=O)NC(C)(C)C)c1ccc([N+](=O)[O-])c2cccnc12. The number of benzene rings is 1. The van der Waals surface area contributed by atoms with E-state index in [2.05, 4.69) is 10.3 Å². The molecule has 0 atom stereocenters. The molecule has 0 saturated carbocycles. The number of aromatic nitrogens is 1. The van der Waals surface area contributed by atoms with Gasteiger partial charge in [0.1, 0.15) is 5.52 Å². The van der Waals surface area contributed by atoms with E-state index < -0.39 is 4.92 Å². The number of hydrogen-bond acceptors (Lipinski definition) is 5. The van der Waals surface area contributed by atoms with Crippen LogP contribution in [0.1, 0.15) is 27.7 Å². The van der Waals surface area contributed by atoms with Gasteiger partial charge in [0.15, 0.2) is 0 Å². The second-order valence-corrected chi connectivity index (χ2v) is 6.57. The summed E-state index contributed by atoms with van der Waals surface area (Å²) < 4.78 is 0. The van der Waals surface area contributed by atoms with Gasteiger partial charge in [-0.15, -0.1) is 0 Å². The molecule has 0 unspecified atom stereocenters. The van der Waals surface area contributed by atoms with Crippen LogP contribution in [0.25, 0.3) is 10.9 Å². The summed E-state index contributed by atoms with van der Waals surface area (Å²) >= 11 is 0. The summed E-state index contributed by atoms with van der Waals surface area (Å²) in [6.07, 6.45) is 1.60. The minimum absolute atomic E-state index is 0.0112. The predicted molar refractivity (Wildman–Crippen MR) is 94.2 cm³/mol. The van der Waals surface area contributed by atoms with Gasteiger partial charge in [-0.25, -0.2) is 0 Å². The molecule has 0 aliphatic heterocycles. The summed E-state index contributed by atoms with van der Waals surface area (Å²) in [5.41, 5.74) is 0.934. The van der Waals surface area contributed by atoms with Gasteiger partial charge in [0, 0.05) is 24.3 Å². The van der Waals surface area contributed by atoms with Crippen molar-refractivity contribution in [2.24, 2.45) is 0 Å². The minimum Gasteiger partial charge on any atom is -0.361 e. The summed E-state index contributed by atoms with van der Waals surface area (Å²) in [5.74, 6) is -0.105. The first-order chi connectivity index (χ1) is 11.2. The standard InChI is InChI=1S/C17H22N4O3/c1-5-20(11-15(22)19-17(2,3)4)14-9-8-13(21(23)24)12-7-6-10-18-16(12)14/h6-10H,5,11H2,1-4H3,(H,19,22). The third-order valence-corrected chi connectivity index (χ3v) is 3.49. The van der Waals surface area contributed by atoms with Crippen LogP contribution in [0.4, 0.5) is 11.4 Å². The lowest BCUT2D eigenvalue weighted by Gasteiger charge is -2.26. The molecule has 0 spiro atoms. The van der Waals surface area contributed by atoms with E-state index in [-0.39, 0.29) is 23.7 Å². The first-order valence-electron chi connectivity index (χ1n) is 7.81. The van der Waals surface area contributed by atoms with Crippen LogP contribution in [-0.2, 0) is 4.79 Å². The molecule has 0 aliphatic rings. The lowest BCUT2D eigenvalue weighted by Crippen LogP contribution is -2.46. The van der Waals surface area contributed by atoms with Crippen molar-refractivity contribution in [3.05, 3.63) is 40.6 Å². The number of pyridine rings is 1. The van der Waals surface area contributed by atoms with Crippen LogP contribution >= 0.6 is 0 Å². The smallest absolute Gasteiger partial charge is 0.278 e. The van der Waals surface area contributed by atoms with E-state index in [0.29, 0.717) is 23.1 Å². The molecule has 2 aromatic rings. The molecule has 1 aromatic carbocycles. The molecular formula is C17H22N4O3. The van der Waals surface area contributed by atoms with Crippen LogP contribution < -0.4 is 10.2 Å². The highest BCUT2D eigenvalue weighted by atomic mass is 16.6. The molecule has 0 saturated heterocycles. The fourth-order valence-electron chi connectivity index (χ4n) is 2.56. The minimum atomic E-state index is -0.420. The molecule has 1 N–H and O–H groups in total. The fraction of sp³-hybridized carbons (Fsp3) is 0.412. The van der Waals surface area contributed by atoms with Crippen LogP contribution in [0.2, 0.25) is 0 Å². The first-order valence-corrected chi connectivity index (χ1v) is 7.81. The van der Waals surface area contributed by atoms with Crippen molar-refractivity contribution < 1.29 is 9.72 Å².